The summed E-state index contributed by atoms with van der Waals surface area (Å²) in [6, 6.07) is 2.98. The number of nitrogens with zero attached hydrogens (tertiary/aromatic N) is 2. The quantitative estimate of drug-likeness (QED) is 0.515. The summed E-state index contributed by atoms with van der Waals surface area (Å²) in [4.78, 5) is 15.7. The van der Waals surface area contributed by atoms with Crippen LogP contribution in [0.1, 0.15) is 50.9 Å². The molecule has 2 heterocycles. The zero-order valence-electron chi connectivity index (χ0n) is 17.5. The maximum atomic E-state index is 12.7. The fourth-order valence-electron chi connectivity index (χ4n) is 3.04. The molecule has 0 saturated carbocycles. The number of hydrogen-bond donors (Lipinski definition) is 1. The highest BCUT2D eigenvalue weighted by Gasteiger charge is 2.33. The molecule has 6 nitrogen and oxygen atoms in total. The molecule has 0 spiro atoms. The van der Waals surface area contributed by atoms with E-state index in [2.05, 4.69) is 33.8 Å². The number of hydrogen-bond acceptors (Lipinski definition) is 6. The van der Waals surface area contributed by atoms with Crippen LogP contribution >= 0.6 is 0 Å². The third kappa shape index (κ3) is 8.67. The summed E-state index contributed by atoms with van der Waals surface area (Å²) in [5, 5.41) is 3.39. The second kappa shape index (κ2) is 12.8. The molecule has 0 aliphatic carbocycles. The molecule has 9 heteroatoms. The number of aromatic nitrogens is 1. The molecule has 1 aliphatic rings. The monoisotopic (exact) mass is 419 g/mol. The molecule has 0 radical (unpaired) electrons. The highest BCUT2D eigenvalue weighted by atomic mass is 19.4. The number of unbranched alkanes of at least 4 members (excludes halogenated alkanes) is 1. The van der Waals surface area contributed by atoms with Crippen molar-refractivity contribution in [2.75, 3.05) is 33.4 Å². The number of methoxy groups -OCH3 is 1. The number of carbonyl (C=O) groups is 1. The van der Waals surface area contributed by atoms with E-state index in [1.165, 1.54) is 6.07 Å². The van der Waals surface area contributed by atoms with Gasteiger partial charge in [-0.25, -0.2) is 0 Å². The molecule has 2 rings (SSSR count). The summed E-state index contributed by atoms with van der Waals surface area (Å²) in [6.07, 6.45) is -1.42. The number of rotatable bonds is 8. The molecule has 0 amide bonds. The van der Waals surface area contributed by atoms with Gasteiger partial charge in [0.25, 0.3) is 6.47 Å². The molecule has 1 aromatic rings. The van der Waals surface area contributed by atoms with E-state index in [0.29, 0.717) is 31.4 Å². The van der Waals surface area contributed by atoms with Gasteiger partial charge in [0.2, 0.25) is 0 Å². The minimum absolute atomic E-state index is 0.146. The van der Waals surface area contributed by atoms with Gasteiger partial charge in [-0.05, 0) is 32.4 Å². The summed E-state index contributed by atoms with van der Waals surface area (Å²) in [5.74, 6) is 0. The molecule has 29 heavy (non-hydrogen) atoms. The van der Waals surface area contributed by atoms with Crippen LogP contribution in [0.15, 0.2) is 18.3 Å². The van der Waals surface area contributed by atoms with Crippen molar-refractivity contribution in [2.45, 2.75) is 57.9 Å². The second-order valence-electron chi connectivity index (χ2n) is 7.12. The van der Waals surface area contributed by atoms with Gasteiger partial charge < -0.3 is 14.8 Å². The summed E-state index contributed by atoms with van der Waals surface area (Å²) in [5.41, 5.74) is -0.120. The highest BCUT2D eigenvalue weighted by molar-refractivity contribution is 5.36. The van der Waals surface area contributed by atoms with Crippen LogP contribution in [0.2, 0.25) is 0 Å². The molecular weight excluding hydrogens is 387 g/mol. The zero-order chi connectivity index (χ0) is 21.9. The molecule has 1 fully saturated rings. The largest absolute Gasteiger partial charge is 0.468 e. The van der Waals surface area contributed by atoms with Gasteiger partial charge in [-0.1, -0.05) is 13.3 Å². The van der Waals surface area contributed by atoms with Crippen LogP contribution in [0.25, 0.3) is 0 Å². The number of halogens is 3. The van der Waals surface area contributed by atoms with Gasteiger partial charge in [-0.15, -0.1) is 0 Å². The Labute approximate surface area is 170 Å². The fourth-order valence-corrected chi connectivity index (χ4v) is 3.04. The van der Waals surface area contributed by atoms with E-state index in [1.807, 2.05) is 6.92 Å². The van der Waals surface area contributed by atoms with E-state index in [1.54, 1.807) is 7.11 Å². The Balaban J connectivity index is 0.000000516. The topological polar surface area (TPSA) is 63.7 Å². The van der Waals surface area contributed by atoms with Crippen molar-refractivity contribution in [3.8, 4) is 0 Å². The second-order valence-corrected chi connectivity index (χ2v) is 7.12. The Kier molecular flexibility index (Phi) is 11.2. The van der Waals surface area contributed by atoms with Crippen LogP contribution in [0.3, 0.4) is 0 Å². The highest BCUT2D eigenvalue weighted by Crippen LogP contribution is 2.30. The van der Waals surface area contributed by atoms with Crippen LogP contribution in [0.5, 0.6) is 0 Å². The molecule has 0 aromatic carbocycles. The summed E-state index contributed by atoms with van der Waals surface area (Å²) < 4.78 is 47.6. The maximum Gasteiger partial charge on any atom is 0.417 e. The first kappa shape index (κ1) is 25.3. The Morgan fingerprint density at radius 1 is 1.38 bits per heavy atom. The van der Waals surface area contributed by atoms with Gasteiger partial charge in [0.15, 0.2) is 0 Å². The van der Waals surface area contributed by atoms with Crippen LogP contribution in [0, 0.1) is 0 Å². The maximum absolute atomic E-state index is 12.7. The Morgan fingerprint density at radius 3 is 2.62 bits per heavy atom. The average molecular weight is 419 g/mol. The van der Waals surface area contributed by atoms with Crippen molar-refractivity contribution < 1.29 is 27.4 Å². The van der Waals surface area contributed by atoms with Gasteiger partial charge in [-0.3, -0.25) is 14.7 Å². The Morgan fingerprint density at radius 2 is 2.10 bits per heavy atom. The molecule has 1 aliphatic heterocycles. The normalized spacial score (nSPS) is 21.1. The van der Waals surface area contributed by atoms with E-state index in [9.17, 15) is 18.0 Å². The van der Waals surface area contributed by atoms with Gasteiger partial charge >= 0.3 is 6.18 Å². The lowest BCUT2D eigenvalue weighted by Gasteiger charge is -2.42. The van der Waals surface area contributed by atoms with Gasteiger partial charge in [-0.2, -0.15) is 13.2 Å². The number of nitrogens with one attached hydrogen (secondary N) is 1. The van der Waals surface area contributed by atoms with Crippen LogP contribution < -0.4 is 5.32 Å². The minimum Gasteiger partial charge on any atom is -0.468 e. The standard InChI is InChI=1S/C15H22F3N3O.C5H10O2/c1-10-8-21(11(2)6-19-10)14(9-22-3)13-5-4-12(7-20-13)15(16,17)18;1-2-3-4-7-5-6/h4-5,7,10-11,14,19H,6,8-9H2,1-3H3;5H,2-4H2,1H3/t10-,11+,14?;/m0./s1. The van der Waals surface area contributed by atoms with Crippen LogP contribution in [-0.4, -0.2) is 61.9 Å². The number of alkyl halides is 3. The molecule has 1 N–H and O–H groups in total. The Bertz CT molecular complexity index is 585. The summed E-state index contributed by atoms with van der Waals surface area (Å²) >= 11 is 0. The third-order valence-corrected chi connectivity index (χ3v) is 4.68. The molecule has 1 aromatic heterocycles. The lowest BCUT2D eigenvalue weighted by atomic mass is 10.0. The predicted octanol–water partition coefficient (Wildman–Crippen LogP) is 3.43. The van der Waals surface area contributed by atoms with Crippen molar-refractivity contribution in [1.29, 1.82) is 0 Å². The van der Waals surface area contributed by atoms with E-state index in [-0.39, 0.29) is 12.1 Å². The first-order valence-corrected chi connectivity index (χ1v) is 9.81. The van der Waals surface area contributed by atoms with Gasteiger partial charge in [0, 0.05) is 38.5 Å². The molecule has 0 bridgehead atoms. The lowest BCUT2D eigenvalue weighted by molar-refractivity contribution is -0.137. The van der Waals surface area contributed by atoms with E-state index in [0.717, 1.165) is 38.2 Å². The SMILES string of the molecule is CCCCOC=O.COCC(c1ccc(C(F)(F)F)cn1)N1C[C@H](C)NC[C@H]1C. The first-order chi connectivity index (χ1) is 13.7. The van der Waals surface area contributed by atoms with Crippen molar-refractivity contribution in [2.24, 2.45) is 0 Å². The number of ether oxygens (including phenoxy) is 2. The van der Waals surface area contributed by atoms with Crippen molar-refractivity contribution in [1.82, 2.24) is 15.2 Å². The molecule has 166 valence electrons. The number of carbonyl (C=O) groups excluding carboxylic acids is 1. The van der Waals surface area contributed by atoms with Crippen LogP contribution in [-0.2, 0) is 20.4 Å². The summed E-state index contributed by atoms with van der Waals surface area (Å²) in [7, 11) is 1.59. The molecule has 1 saturated heterocycles. The van der Waals surface area contributed by atoms with Crippen molar-refractivity contribution in [3.05, 3.63) is 29.6 Å². The van der Waals surface area contributed by atoms with Crippen molar-refractivity contribution >= 4 is 6.47 Å². The lowest BCUT2D eigenvalue weighted by Crippen LogP contribution is -2.56. The Hall–Kier alpha value is -1.71. The summed E-state index contributed by atoms with van der Waals surface area (Å²) in [6.45, 7) is 9.31. The first-order valence-electron chi connectivity index (χ1n) is 9.81. The molecule has 3 atom stereocenters. The minimum atomic E-state index is -4.36. The van der Waals surface area contributed by atoms with Crippen LogP contribution in [0.4, 0.5) is 13.2 Å². The van der Waals surface area contributed by atoms with Crippen molar-refractivity contribution in [3.63, 3.8) is 0 Å². The smallest absolute Gasteiger partial charge is 0.417 e. The average Bonchev–Trinajstić information content (AvgIpc) is 2.69. The third-order valence-electron chi connectivity index (χ3n) is 4.68. The van der Waals surface area contributed by atoms with E-state index >= 15 is 0 Å². The van der Waals surface area contributed by atoms with Gasteiger partial charge in [0.05, 0.1) is 30.5 Å². The molecular formula is C20H32F3N3O3. The molecule has 1 unspecified atom stereocenters. The predicted molar refractivity (Wildman–Crippen MR) is 104 cm³/mol. The number of pyridine rings is 1. The van der Waals surface area contributed by atoms with E-state index in [4.69, 9.17) is 4.74 Å². The van der Waals surface area contributed by atoms with Gasteiger partial charge in [0.1, 0.15) is 0 Å². The fraction of sp³-hybridized carbons (Fsp3) is 0.700. The number of piperazine rings is 1. The zero-order valence-corrected chi connectivity index (χ0v) is 17.5. The van der Waals surface area contributed by atoms with E-state index < -0.39 is 11.7 Å².